The predicted octanol–water partition coefficient (Wildman–Crippen LogP) is -0.781. The zero-order chi connectivity index (χ0) is 11.5. The van der Waals surface area contributed by atoms with Gasteiger partial charge in [0.25, 0.3) is 0 Å². The molecule has 0 atom stereocenters. The van der Waals surface area contributed by atoms with Crippen LogP contribution >= 0.6 is 0 Å². The standard InChI is InChI=1S/C12H13NO3.K.H/c1-2-5-12(15)16-13-8-11(14)9-6-3-4-7-10(9)13;;/h3-4,6-8,14H,2,5H2,1H3;;/q;+1;-1. The first-order chi connectivity index (χ1) is 7.72. The van der Waals surface area contributed by atoms with Crippen molar-refractivity contribution in [2.24, 2.45) is 0 Å². The first-order valence-corrected chi connectivity index (χ1v) is 5.22. The van der Waals surface area contributed by atoms with Crippen LogP contribution in [0.3, 0.4) is 0 Å². The molecule has 0 aliphatic heterocycles. The second kappa shape index (κ2) is 6.56. The van der Waals surface area contributed by atoms with Crippen LogP contribution in [0.25, 0.3) is 10.9 Å². The van der Waals surface area contributed by atoms with Gasteiger partial charge in [0.15, 0.2) is 0 Å². The molecule has 0 saturated carbocycles. The summed E-state index contributed by atoms with van der Waals surface area (Å²) in [5, 5.41) is 10.3. The molecule has 17 heavy (non-hydrogen) atoms. The minimum absolute atomic E-state index is 0. The van der Waals surface area contributed by atoms with Gasteiger partial charge in [-0.15, -0.1) is 0 Å². The third-order valence-electron chi connectivity index (χ3n) is 2.31. The van der Waals surface area contributed by atoms with Gasteiger partial charge in [-0.2, -0.15) is 4.73 Å². The van der Waals surface area contributed by atoms with E-state index >= 15 is 0 Å². The fourth-order valence-electron chi connectivity index (χ4n) is 1.57. The molecule has 1 aromatic carbocycles. The van der Waals surface area contributed by atoms with E-state index in [4.69, 9.17) is 4.84 Å². The minimum Gasteiger partial charge on any atom is -1.00 e. The van der Waals surface area contributed by atoms with Gasteiger partial charge in [-0.1, -0.05) is 19.1 Å². The number of para-hydroxylation sites is 1. The molecule has 0 radical (unpaired) electrons. The van der Waals surface area contributed by atoms with E-state index in [1.54, 1.807) is 12.1 Å². The summed E-state index contributed by atoms with van der Waals surface area (Å²) < 4.78 is 1.31. The van der Waals surface area contributed by atoms with Gasteiger partial charge < -0.3 is 11.4 Å². The number of hydrogen-bond acceptors (Lipinski definition) is 3. The quantitative estimate of drug-likeness (QED) is 0.736. The van der Waals surface area contributed by atoms with Gasteiger partial charge in [-0.05, 0) is 18.6 Å². The Morgan fingerprint density at radius 2 is 2.18 bits per heavy atom. The van der Waals surface area contributed by atoms with Crippen LogP contribution in [0, 0.1) is 0 Å². The number of rotatable bonds is 3. The number of carbonyl (C=O) groups excluding carboxylic acids is 1. The molecule has 0 fully saturated rings. The first-order valence-electron chi connectivity index (χ1n) is 5.22. The molecule has 2 aromatic rings. The van der Waals surface area contributed by atoms with Crippen molar-refractivity contribution >= 4 is 16.9 Å². The largest absolute Gasteiger partial charge is 1.00 e. The molecule has 0 aliphatic rings. The van der Waals surface area contributed by atoms with Gasteiger partial charge in [-0.3, -0.25) is 0 Å². The van der Waals surface area contributed by atoms with E-state index in [0.717, 1.165) is 6.42 Å². The van der Waals surface area contributed by atoms with E-state index < -0.39 is 0 Å². The van der Waals surface area contributed by atoms with Crippen LogP contribution in [0.5, 0.6) is 5.75 Å². The van der Waals surface area contributed by atoms with E-state index in [1.165, 1.54) is 10.9 Å². The van der Waals surface area contributed by atoms with Gasteiger partial charge in [0.1, 0.15) is 5.75 Å². The van der Waals surface area contributed by atoms with Crippen LogP contribution < -0.4 is 56.2 Å². The number of benzene rings is 1. The number of carbonyl (C=O) groups is 1. The van der Waals surface area contributed by atoms with Crippen molar-refractivity contribution in [1.82, 2.24) is 4.73 Å². The fraction of sp³-hybridized carbons (Fsp3) is 0.250. The van der Waals surface area contributed by atoms with Crippen molar-refractivity contribution in [2.45, 2.75) is 19.8 Å². The monoisotopic (exact) mass is 259 g/mol. The van der Waals surface area contributed by atoms with Crippen molar-refractivity contribution in [1.29, 1.82) is 0 Å². The van der Waals surface area contributed by atoms with Crippen LogP contribution in [-0.2, 0) is 4.79 Å². The molecule has 86 valence electrons. The molecule has 1 aromatic heterocycles. The van der Waals surface area contributed by atoms with Crippen LogP contribution in [-0.4, -0.2) is 15.8 Å². The zero-order valence-corrected chi connectivity index (χ0v) is 13.1. The van der Waals surface area contributed by atoms with E-state index in [2.05, 4.69) is 0 Å². The van der Waals surface area contributed by atoms with Crippen molar-refractivity contribution in [3.8, 4) is 5.75 Å². The van der Waals surface area contributed by atoms with Gasteiger partial charge in [0.2, 0.25) is 0 Å². The predicted molar refractivity (Wildman–Crippen MR) is 61.2 cm³/mol. The summed E-state index contributed by atoms with van der Waals surface area (Å²) in [7, 11) is 0. The maximum absolute atomic E-state index is 11.3. The minimum atomic E-state index is -0.303. The zero-order valence-electron chi connectivity index (χ0n) is 11.0. The van der Waals surface area contributed by atoms with Crippen LogP contribution in [0.1, 0.15) is 21.2 Å². The number of hydrogen-bond donors (Lipinski definition) is 1. The van der Waals surface area contributed by atoms with E-state index in [0.29, 0.717) is 17.3 Å². The molecule has 1 heterocycles. The Morgan fingerprint density at radius 1 is 1.47 bits per heavy atom. The topological polar surface area (TPSA) is 51.5 Å². The Labute approximate surface area is 143 Å². The maximum atomic E-state index is 11.3. The average molecular weight is 259 g/mol. The molecule has 0 spiro atoms. The fourth-order valence-corrected chi connectivity index (χ4v) is 1.57. The third-order valence-corrected chi connectivity index (χ3v) is 2.31. The molecule has 0 saturated heterocycles. The Balaban J connectivity index is 0.00000144. The molecule has 0 unspecified atom stereocenters. The van der Waals surface area contributed by atoms with Gasteiger partial charge in [0, 0.05) is 11.8 Å². The van der Waals surface area contributed by atoms with Crippen LogP contribution in [0.2, 0.25) is 0 Å². The van der Waals surface area contributed by atoms with Crippen molar-refractivity contribution < 1.29 is 67.5 Å². The molecule has 1 N–H and O–H groups in total. The normalized spacial score (nSPS) is 9.94. The number of aromatic hydroxyl groups is 1. The molecular formula is C12H14KNO3. The van der Waals surface area contributed by atoms with Crippen molar-refractivity contribution in [3.63, 3.8) is 0 Å². The summed E-state index contributed by atoms with van der Waals surface area (Å²) in [4.78, 5) is 16.4. The molecule has 2 rings (SSSR count). The number of aromatic nitrogens is 1. The summed E-state index contributed by atoms with van der Waals surface area (Å²) in [5.74, 6) is -0.192. The van der Waals surface area contributed by atoms with Gasteiger partial charge >= 0.3 is 57.4 Å². The molecule has 4 nitrogen and oxygen atoms in total. The molecular weight excluding hydrogens is 245 g/mol. The van der Waals surface area contributed by atoms with Crippen LogP contribution in [0.15, 0.2) is 30.5 Å². The molecule has 0 amide bonds. The first kappa shape index (κ1) is 14.7. The number of nitrogens with zero attached hydrogens (tertiary/aromatic N) is 1. The van der Waals surface area contributed by atoms with Crippen molar-refractivity contribution in [2.75, 3.05) is 0 Å². The summed E-state index contributed by atoms with van der Waals surface area (Å²) >= 11 is 0. The second-order valence-corrected chi connectivity index (χ2v) is 3.57. The summed E-state index contributed by atoms with van der Waals surface area (Å²) in [6.07, 6.45) is 2.51. The Hall–Kier alpha value is -0.334. The smallest absolute Gasteiger partial charge is 1.00 e. The number of fused-ring (bicyclic) bond motifs is 1. The van der Waals surface area contributed by atoms with Gasteiger partial charge in [0.05, 0.1) is 11.7 Å². The van der Waals surface area contributed by atoms with Crippen LogP contribution in [0.4, 0.5) is 0 Å². The second-order valence-electron chi connectivity index (χ2n) is 3.57. The molecule has 0 aliphatic carbocycles. The third kappa shape index (κ3) is 3.32. The summed E-state index contributed by atoms with van der Waals surface area (Å²) in [5.41, 5.74) is 0.685. The van der Waals surface area contributed by atoms with E-state index in [1.807, 2.05) is 19.1 Å². The summed E-state index contributed by atoms with van der Waals surface area (Å²) in [6, 6.07) is 7.20. The molecule has 0 bridgehead atoms. The Morgan fingerprint density at radius 3 is 2.88 bits per heavy atom. The van der Waals surface area contributed by atoms with Crippen molar-refractivity contribution in [3.05, 3.63) is 30.5 Å². The maximum Gasteiger partial charge on any atom is 1.00 e. The Bertz CT molecular complexity index is 527. The Kier molecular flexibility index (Phi) is 5.68. The van der Waals surface area contributed by atoms with E-state index in [-0.39, 0.29) is 64.5 Å². The average Bonchev–Trinajstić information content (AvgIpc) is 2.57. The summed E-state index contributed by atoms with van der Waals surface area (Å²) in [6.45, 7) is 1.91. The molecule has 5 heteroatoms. The van der Waals surface area contributed by atoms with Gasteiger partial charge in [-0.25, -0.2) is 4.79 Å². The SMILES string of the molecule is CCCC(=O)On1cc(O)c2ccccc21.[H-].[K+]. The van der Waals surface area contributed by atoms with E-state index in [9.17, 15) is 9.90 Å².